The molecule has 21 heavy (non-hydrogen) atoms. The quantitative estimate of drug-likeness (QED) is 0.593. The van der Waals surface area contributed by atoms with E-state index in [9.17, 15) is 9.18 Å². The number of rotatable bonds is 5. The number of alkyl halides is 1. The maximum absolute atomic E-state index is 13.9. The normalized spacial score (nSPS) is 12.0. The number of nitrogens with zero attached hydrogens (tertiary/aromatic N) is 2. The van der Waals surface area contributed by atoms with E-state index in [1.165, 1.54) is 6.07 Å². The molecule has 0 fully saturated rings. The van der Waals surface area contributed by atoms with Crippen LogP contribution in [0, 0.1) is 9.39 Å². The number of amides is 1. The number of nitrogens with two attached hydrogens (primary N) is 1. The Bertz CT molecular complexity index is 699. The van der Waals surface area contributed by atoms with Crippen LogP contribution in [0.25, 0.3) is 11.0 Å². The van der Waals surface area contributed by atoms with Crippen molar-refractivity contribution in [3.63, 3.8) is 0 Å². The zero-order chi connectivity index (χ0) is 15.8. The molecule has 0 atom stereocenters. The fraction of sp³-hybridized carbons (Fsp3) is 0.429. The topological polar surface area (TPSA) is 60.9 Å². The first kappa shape index (κ1) is 16.5. The highest BCUT2D eigenvalue weighted by molar-refractivity contribution is 14.1. The summed E-state index contributed by atoms with van der Waals surface area (Å²) in [6.45, 7) is 3.76. The van der Waals surface area contributed by atoms with Crippen molar-refractivity contribution in [2.24, 2.45) is 5.73 Å². The van der Waals surface area contributed by atoms with Crippen molar-refractivity contribution >= 4 is 51.1 Å². The van der Waals surface area contributed by atoms with Gasteiger partial charge in [0.15, 0.2) is 0 Å². The number of hydrogen-bond acceptors (Lipinski definition) is 2. The maximum Gasteiger partial charge on any atom is 0.219 e. The lowest BCUT2D eigenvalue weighted by atomic mass is 9.99. The molecule has 2 aromatic rings. The molecule has 4 nitrogen and oxygen atoms in total. The molecule has 1 heterocycles. The van der Waals surface area contributed by atoms with Crippen LogP contribution in [0.2, 0.25) is 0 Å². The molecule has 0 aliphatic rings. The lowest BCUT2D eigenvalue weighted by molar-refractivity contribution is -0.119. The smallest absolute Gasteiger partial charge is 0.219 e. The van der Waals surface area contributed by atoms with Gasteiger partial charge in [0.25, 0.3) is 0 Å². The largest absolute Gasteiger partial charge is 0.370 e. The number of aryl methyl sites for hydroxylation is 1. The lowest BCUT2D eigenvalue weighted by Crippen LogP contribution is -2.33. The number of imidazole rings is 1. The van der Waals surface area contributed by atoms with Crippen LogP contribution < -0.4 is 5.73 Å². The summed E-state index contributed by atoms with van der Waals surface area (Å²) in [6.07, 6.45) is 0.679. The zero-order valence-electron chi connectivity index (χ0n) is 11.8. The van der Waals surface area contributed by atoms with E-state index >= 15 is 0 Å². The summed E-state index contributed by atoms with van der Waals surface area (Å²) in [7, 11) is 0. The molecule has 2 N–H and O–H groups in total. The second-order valence-corrected chi connectivity index (χ2v) is 7.05. The summed E-state index contributed by atoms with van der Waals surface area (Å²) in [5.41, 5.74) is 6.08. The number of carbonyl (C=O) groups is 1. The summed E-state index contributed by atoms with van der Waals surface area (Å²) in [4.78, 5) is 15.9. The zero-order valence-corrected chi connectivity index (χ0v) is 14.7. The minimum absolute atomic E-state index is 0.140. The second-order valence-electron chi connectivity index (χ2n) is 5.51. The molecule has 1 aromatic carbocycles. The van der Waals surface area contributed by atoms with Gasteiger partial charge in [-0.05, 0) is 42.5 Å². The van der Waals surface area contributed by atoms with Crippen molar-refractivity contribution in [3.8, 4) is 0 Å². The van der Waals surface area contributed by atoms with Gasteiger partial charge in [-0.3, -0.25) is 4.79 Å². The Kier molecular flexibility index (Phi) is 4.77. The third-order valence-corrected chi connectivity index (χ3v) is 4.31. The van der Waals surface area contributed by atoms with Crippen molar-refractivity contribution in [1.82, 2.24) is 9.55 Å². The van der Waals surface area contributed by atoms with Gasteiger partial charge in [0.05, 0.1) is 14.6 Å². The average molecular weight is 424 g/mol. The molecule has 1 amide bonds. The number of halogens is 3. The highest BCUT2D eigenvalue weighted by atomic mass is 127. The van der Waals surface area contributed by atoms with Crippen molar-refractivity contribution in [1.29, 1.82) is 0 Å². The number of hydrogen-bond donors (Lipinski definition) is 1. The number of aromatic nitrogens is 2. The monoisotopic (exact) mass is 423 g/mol. The van der Waals surface area contributed by atoms with Gasteiger partial charge >= 0.3 is 0 Å². The molecule has 7 heteroatoms. The first-order chi connectivity index (χ1) is 9.76. The number of fused-ring (bicyclic) bond motifs is 1. The molecule has 0 radical (unpaired) electrons. The van der Waals surface area contributed by atoms with Crippen molar-refractivity contribution in [2.45, 2.75) is 32.2 Å². The van der Waals surface area contributed by atoms with Crippen LogP contribution in [-0.4, -0.2) is 21.3 Å². The van der Waals surface area contributed by atoms with E-state index in [0.29, 0.717) is 26.9 Å². The van der Waals surface area contributed by atoms with Crippen LogP contribution in [0.3, 0.4) is 0 Å². The van der Waals surface area contributed by atoms with E-state index in [1.807, 2.05) is 41.0 Å². The number of carbonyl (C=O) groups excluding carboxylic acids is 1. The molecule has 0 bridgehead atoms. The van der Waals surface area contributed by atoms with E-state index in [-0.39, 0.29) is 12.2 Å². The van der Waals surface area contributed by atoms with Gasteiger partial charge in [0, 0.05) is 30.3 Å². The Labute approximate surface area is 141 Å². The van der Waals surface area contributed by atoms with Gasteiger partial charge in [0.2, 0.25) is 5.91 Å². The Morgan fingerprint density at radius 2 is 2.19 bits per heavy atom. The van der Waals surface area contributed by atoms with Crippen LogP contribution in [0.15, 0.2) is 12.1 Å². The minimum atomic E-state index is -0.596. The molecule has 0 spiro atoms. The number of primary amides is 1. The van der Waals surface area contributed by atoms with Gasteiger partial charge in [-0.25, -0.2) is 9.37 Å². The molecule has 0 aliphatic heterocycles. The molecule has 0 saturated carbocycles. The summed E-state index contributed by atoms with van der Waals surface area (Å²) in [5, 5.41) is 0. The van der Waals surface area contributed by atoms with Gasteiger partial charge in [-0.15, -0.1) is 11.6 Å². The fourth-order valence-electron chi connectivity index (χ4n) is 2.56. The van der Waals surface area contributed by atoms with Crippen LogP contribution in [0.4, 0.5) is 4.39 Å². The summed E-state index contributed by atoms with van der Waals surface area (Å²) < 4.78 is 16.3. The maximum atomic E-state index is 13.9. The first-order valence-electron chi connectivity index (χ1n) is 6.47. The van der Waals surface area contributed by atoms with Crippen LogP contribution in [-0.2, 0) is 16.8 Å². The van der Waals surface area contributed by atoms with E-state index in [2.05, 4.69) is 4.98 Å². The third kappa shape index (κ3) is 3.31. The van der Waals surface area contributed by atoms with E-state index in [1.54, 1.807) is 6.07 Å². The predicted octanol–water partition coefficient (Wildman–Crippen LogP) is 3.17. The average Bonchev–Trinajstić information content (AvgIpc) is 2.66. The highest BCUT2D eigenvalue weighted by Crippen LogP contribution is 2.30. The van der Waals surface area contributed by atoms with E-state index in [0.717, 1.165) is 5.82 Å². The van der Waals surface area contributed by atoms with Crippen LogP contribution >= 0.6 is 34.2 Å². The Balaban J connectivity index is 2.71. The van der Waals surface area contributed by atoms with Gasteiger partial charge in [-0.2, -0.15) is 0 Å². The fourth-order valence-corrected chi connectivity index (χ4v) is 3.18. The molecule has 0 saturated heterocycles. The van der Waals surface area contributed by atoms with Crippen molar-refractivity contribution in [3.05, 3.63) is 27.3 Å². The van der Waals surface area contributed by atoms with Gasteiger partial charge < -0.3 is 10.3 Å². The van der Waals surface area contributed by atoms with Crippen LogP contribution in [0.5, 0.6) is 0 Å². The van der Waals surface area contributed by atoms with Gasteiger partial charge in [-0.1, -0.05) is 0 Å². The molecular formula is C14H16ClFIN3O. The van der Waals surface area contributed by atoms with Crippen LogP contribution in [0.1, 0.15) is 26.1 Å². The molecule has 2 rings (SSSR count). The minimum Gasteiger partial charge on any atom is -0.370 e. The highest BCUT2D eigenvalue weighted by Gasteiger charge is 2.28. The molecule has 114 valence electrons. The summed E-state index contributed by atoms with van der Waals surface area (Å²) in [5.74, 6) is 0.407. The predicted molar refractivity (Wildman–Crippen MR) is 90.0 cm³/mol. The number of benzene rings is 1. The summed E-state index contributed by atoms with van der Waals surface area (Å²) >= 11 is 7.76. The first-order valence-corrected chi connectivity index (χ1v) is 8.08. The Morgan fingerprint density at radius 1 is 1.52 bits per heavy atom. The third-order valence-electron chi connectivity index (χ3n) is 3.30. The SMILES string of the molecule is CC(C)(CC(N)=O)n1c(CCCl)nc2cc(I)c(F)cc21. The Hall–Kier alpha value is -0.890. The molecule has 1 aromatic heterocycles. The Morgan fingerprint density at radius 3 is 2.76 bits per heavy atom. The molecular weight excluding hydrogens is 408 g/mol. The van der Waals surface area contributed by atoms with Gasteiger partial charge in [0.1, 0.15) is 11.6 Å². The van der Waals surface area contributed by atoms with Crippen molar-refractivity contribution in [2.75, 3.05) is 5.88 Å². The standard InChI is InChI=1S/C14H16ClFIN3O/c1-14(2,7-12(18)21)20-11-5-8(16)9(17)6-10(11)19-13(20)3-4-15/h5-6H,3-4,7H2,1-2H3,(H2,18,21). The van der Waals surface area contributed by atoms with E-state index < -0.39 is 11.4 Å². The van der Waals surface area contributed by atoms with E-state index in [4.69, 9.17) is 17.3 Å². The molecule has 0 aliphatic carbocycles. The molecule has 0 unspecified atom stereocenters. The second kappa shape index (κ2) is 6.08. The summed E-state index contributed by atoms with van der Waals surface area (Å²) in [6, 6.07) is 3.14. The van der Waals surface area contributed by atoms with Crippen molar-refractivity contribution < 1.29 is 9.18 Å². The lowest BCUT2D eigenvalue weighted by Gasteiger charge is -2.28.